The number of amides is 1. The van der Waals surface area contributed by atoms with E-state index in [1.807, 2.05) is 32.9 Å². The summed E-state index contributed by atoms with van der Waals surface area (Å²) in [4.78, 5) is 12.0. The molecule has 1 heterocycles. The minimum absolute atomic E-state index is 0.0421. The molecule has 0 atom stereocenters. The first-order valence-electron chi connectivity index (χ1n) is 5.33. The fourth-order valence-corrected chi connectivity index (χ4v) is 1.76. The second kappa shape index (κ2) is 3.96. The van der Waals surface area contributed by atoms with Crippen molar-refractivity contribution in [2.45, 2.75) is 26.8 Å². The summed E-state index contributed by atoms with van der Waals surface area (Å²) in [5.74, 6) is -0.0421. The minimum atomic E-state index is -0.0421. The van der Waals surface area contributed by atoms with E-state index >= 15 is 0 Å². The highest BCUT2D eigenvalue weighted by atomic mass is 16.1. The standard InChI is InChI=1S/C12H15N3O/c1-7(2)14-12(16)11-8(3)4-5-10-9(11)6-13-15-10/h4-7H,1-3H3,(H,13,15)(H,14,16). The van der Waals surface area contributed by atoms with Crippen LogP contribution in [0.25, 0.3) is 10.9 Å². The summed E-state index contributed by atoms with van der Waals surface area (Å²) in [6.45, 7) is 5.83. The first-order chi connectivity index (χ1) is 7.59. The van der Waals surface area contributed by atoms with E-state index in [9.17, 15) is 4.79 Å². The molecule has 0 aliphatic rings. The number of nitrogens with one attached hydrogen (secondary N) is 2. The van der Waals surface area contributed by atoms with Crippen LogP contribution >= 0.6 is 0 Å². The number of hydrogen-bond donors (Lipinski definition) is 2. The van der Waals surface area contributed by atoms with Gasteiger partial charge in [-0.25, -0.2) is 0 Å². The molecule has 2 aromatic rings. The maximum absolute atomic E-state index is 12.0. The van der Waals surface area contributed by atoms with Gasteiger partial charge in [-0.15, -0.1) is 0 Å². The first-order valence-corrected chi connectivity index (χ1v) is 5.33. The Kier molecular flexibility index (Phi) is 2.64. The predicted octanol–water partition coefficient (Wildman–Crippen LogP) is 2.01. The Balaban J connectivity index is 2.53. The van der Waals surface area contributed by atoms with Crippen LogP contribution < -0.4 is 5.32 Å². The van der Waals surface area contributed by atoms with Crippen molar-refractivity contribution in [3.8, 4) is 0 Å². The molecule has 1 amide bonds. The number of benzene rings is 1. The zero-order valence-electron chi connectivity index (χ0n) is 9.66. The average molecular weight is 217 g/mol. The zero-order chi connectivity index (χ0) is 11.7. The highest BCUT2D eigenvalue weighted by Gasteiger charge is 2.14. The monoisotopic (exact) mass is 217 g/mol. The number of hydrogen-bond acceptors (Lipinski definition) is 2. The summed E-state index contributed by atoms with van der Waals surface area (Å²) in [7, 11) is 0. The second-order valence-corrected chi connectivity index (χ2v) is 4.22. The number of rotatable bonds is 2. The number of aromatic nitrogens is 2. The smallest absolute Gasteiger partial charge is 0.252 e. The first kappa shape index (κ1) is 10.7. The van der Waals surface area contributed by atoms with Crippen molar-refractivity contribution in [3.05, 3.63) is 29.5 Å². The highest BCUT2D eigenvalue weighted by molar-refractivity contribution is 6.07. The molecule has 0 aliphatic carbocycles. The lowest BCUT2D eigenvalue weighted by Gasteiger charge is -2.11. The van der Waals surface area contributed by atoms with Gasteiger partial charge in [0.25, 0.3) is 5.91 Å². The third-order valence-corrected chi connectivity index (χ3v) is 2.48. The lowest BCUT2D eigenvalue weighted by Crippen LogP contribution is -2.30. The van der Waals surface area contributed by atoms with E-state index in [0.29, 0.717) is 5.56 Å². The number of H-pyrrole nitrogens is 1. The van der Waals surface area contributed by atoms with Gasteiger partial charge in [-0.2, -0.15) is 5.10 Å². The second-order valence-electron chi connectivity index (χ2n) is 4.22. The maximum atomic E-state index is 12.0. The number of carbonyl (C=O) groups excluding carboxylic acids is 1. The predicted molar refractivity (Wildman–Crippen MR) is 63.4 cm³/mol. The van der Waals surface area contributed by atoms with Crippen molar-refractivity contribution in [2.24, 2.45) is 0 Å². The summed E-state index contributed by atoms with van der Waals surface area (Å²) in [5.41, 5.74) is 2.56. The molecular formula is C12H15N3O. The van der Waals surface area contributed by atoms with Gasteiger partial charge in [-0.1, -0.05) is 6.07 Å². The van der Waals surface area contributed by atoms with Crippen LogP contribution in [0.3, 0.4) is 0 Å². The van der Waals surface area contributed by atoms with E-state index in [1.165, 1.54) is 0 Å². The molecule has 0 spiro atoms. The van der Waals surface area contributed by atoms with Crippen LogP contribution in [0, 0.1) is 6.92 Å². The van der Waals surface area contributed by atoms with Crippen molar-refractivity contribution < 1.29 is 4.79 Å². The van der Waals surface area contributed by atoms with Crippen molar-refractivity contribution in [2.75, 3.05) is 0 Å². The fourth-order valence-electron chi connectivity index (χ4n) is 1.76. The Morgan fingerprint density at radius 3 is 2.88 bits per heavy atom. The number of fused-ring (bicyclic) bond motifs is 1. The lowest BCUT2D eigenvalue weighted by atomic mass is 10.0. The average Bonchev–Trinajstić information content (AvgIpc) is 2.63. The molecule has 4 heteroatoms. The van der Waals surface area contributed by atoms with Crippen molar-refractivity contribution in [3.63, 3.8) is 0 Å². The molecule has 16 heavy (non-hydrogen) atoms. The van der Waals surface area contributed by atoms with Crippen LogP contribution in [-0.2, 0) is 0 Å². The molecule has 2 rings (SSSR count). The number of carbonyl (C=O) groups is 1. The number of aryl methyl sites for hydroxylation is 1. The van der Waals surface area contributed by atoms with Crippen LogP contribution in [0.1, 0.15) is 29.8 Å². The summed E-state index contributed by atoms with van der Waals surface area (Å²) in [6, 6.07) is 3.99. The van der Waals surface area contributed by atoms with Crippen LogP contribution in [-0.4, -0.2) is 22.1 Å². The number of nitrogens with zero attached hydrogens (tertiary/aromatic N) is 1. The van der Waals surface area contributed by atoms with Gasteiger partial charge in [-0.3, -0.25) is 9.89 Å². The van der Waals surface area contributed by atoms with Crippen LogP contribution in [0.2, 0.25) is 0 Å². The van der Waals surface area contributed by atoms with Gasteiger partial charge < -0.3 is 5.32 Å². The van der Waals surface area contributed by atoms with E-state index in [1.54, 1.807) is 6.20 Å². The molecule has 0 aliphatic heterocycles. The molecule has 0 saturated heterocycles. The van der Waals surface area contributed by atoms with Gasteiger partial charge in [0.2, 0.25) is 0 Å². The van der Waals surface area contributed by atoms with Crippen LogP contribution in [0.15, 0.2) is 18.3 Å². The zero-order valence-corrected chi connectivity index (χ0v) is 9.66. The van der Waals surface area contributed by atoms with Gasteiger partial charge in [0.05, 0.1) is 17.3 Å². The molecule has 4 nitrogen and oxygen atoms in total. The minimum Gasteiger partial charge on any atom is -0.350 e. The lowest BCUT2D eigenvalue weighted by molar-refractivity contribution is 0.0944. The SMILES string of the molecule is Cc1ccc2[nH]ncc2c1C(=O)NC(C)C. The third-order valence-electron chi connectivity index (χ3n) is 2.48. The summed E-state index contributed by atoms with van der Waals surface area (Å²) >= 11 is 0. The highest BCUT2D eigenvalue weighted by Crippen LogP contribution is 2.20. The molecule has 0 radical (unpaired) electrons. The molecule has 1 aromatic carbocycles. The Bertz CT molecular complexity index is 528. The van der Waals surface area contributed by atoms with Gasteiger partial charge in [-0.05, 0) is 32.4 Å². The molecule has 0 unspecified atom stereocenters. The van der Waals surface area contributed by atoms with E-state index in [2.05, 4.69) is 15.5 Å². The molecule has 84 valence electrons. The topological polar surface area (TPSA) is 57.8 Å². The van der Waals surface area contributed by atoms with Crippen LogP contribution in [0.4, 0.5) is 0 Å². The Hall–Kier alpha value is -1.84. The largest absolute Gasteiger partial charge is 0.350 e. The Morgan fingerprint density at radius 1 is 1.44 bits per heavy atom. The molecule has 0 fully saturated rings. The fraction of sp³-hybridized carbons (Fsp3) is 0.333. The quantitative estimate of drug-likeness (QED) is 0.808. The van der Waals surface area contributed by atoms with Crippen molar-refractivity contribution in [1.29, 1.82) is 0 Å². The summed E-state index contributed by atoms with van der Waals surface area (Å²) in [6.07, 6.45) is 1.69. The van der Waals surface area contributed by atoms with E-state index in [0.717, 1.165) is 16.5 Å². The van der Waals surface area contributed by atoms with Crippen LogP contribution in [0.5, 0.6) is 0 Å². The Morgan fingerprint density at radius 2 is 2.19 bits per heavy atom. The van der Waals surface area contributed by atoms with Gasteiger partial charge >= 0.3 is 0 Å². The third kappa shape index (κ3) is 1.78. The van der Waals surface area contributed by atoms with Gasteiger partial charge in [0.15, 0.2) is 0 Å². The normalized spacial score (nSPS) is 11.0. The molecular weight excluding hydrogens is 202 g/mol. The molecule has 2 N–H and O–H groups in total. The van der Waals surface area contributed by atoms with E-state index in [-0.39, 0.29) is 11.9 Å². The number of aromatic amines is 1. The summed E-state index contributed by atoms with van der Waals surface area (Å²) in [5, 5.41) is 10.6. The van der Waals surface area contributed by atoms with Gasteiger partial charge in [0, 0.05) is 11.4 Å². The maximum Gasteiger partial charge on any atom is 0.252 e. The van der Waals surface area contributed by atoms with E-state index < -0.39 is 0 Å². The molecule has 1 aromatic heterocycles. The van der Waals surface area contributed by atoms with E-state index in [4.69, 9.17) is 0 Å². The summed E-state index contributed by atoms with van der Waals surface area (Å²) < 4.78 is 0. The molecule has 0 bridgehead atoms. The van der Waals surface area contributed by atoms with Gasteiger partial charge in [0.1, 0.15) is 0 Å². The molecule has 0 saturated carbocycles. The van der Waals surface area contributed by atoms with Crippen molar-refractivity contribution >= 4 is 16.8 Å². The Labute approximate surface area is 94.0 Å². The van der Waals surface area contributed by atoms with Crippen molar-refractivity contribution in [1.82, 2.24) is 15.5 Å².